The Balaban J connectivity index is 3.72. The van der Waals surface area contributed by atoms with Gasteiger partial charge >= 0.3 is 6.09 Å². The first-order valence-corrected chi connectivity index (χ1v) is 6.69. The molecule has 0 aliphatic carbocycles. The number of carbonyl (C=O) groups excluding carboxylic acids is 1. The lowest BCUT2D eigenvalue weighted by Gasteiger charge is -2.20. The minimum Gasteiger partial charge on any atom is -0.444 e. The van der Waals surface area contributed by atoms with Crippen LogP contribution in [0.4, 0.5) is 4.79 Å². The van der Waals surface area contributed by atoms with Gasteiger partial charge in [-0.05, 0) is 33.6 Å². The van der Waals surface area contributed by atoms with E-state index in [2.05, 4.69) is 10.6 Å². The number of aliphatic hydroxyl groups is 1. The highest BCUT2D eigenvalue weighted by Gasteiger charge is 2.15. The van der Waals surface area contributed by atoms with E-state index in [-0.39, 0.29) is 18.7 Å². The van der Waals surface area contributed by atoms with Crippen molar-refractivity contribution in [2.75, 3.05) is 33.4 Å². The van der Waals surface area contributed by atoms with Crippen LogP contribution in [0.15, 0.2) is 0 Å². The molecule has 114 valence electrons. The predicted molar refractivity (Wildman–Crippen MR) is 74.2 cm³/mol. The normalized spacial score (nSPS) is 13.1. The van der Waals surface area contributed by atoms with Crippen molar-refractivity contribution < 1.29 is 19.4 Å². The number of methoxy groups -OCH3 is 1. The third kappa shape index (κ3) is 11.9. The number of alkyl carbamates (subject to hydrolysis) is 1. The lowest BCUT2D eigenvalue weighted by atomic mass is 10.1. The topological polar surface area (TPSA) is 79.8 Å². The Morgan fingerprint density at radius 2 is 2.00 bits per heavy atom. The van der Waals surface area contributed by atoms with E-state index in [1.54, 1.807) is 7.11 Å². The summed E-state index contributed by atoms with van der Waals surface area (Å²) in [5.41, 5.74) is -0.467. The van der Waals surface area contributed by atoms with Crippen LogP contribution >= 0.6 is 0 Å². The Hall–Kier alpha value is -0.850. The average molecular weight is 276 g/mol. The van der Waals surface area contributed by atoms with Gasteiger partial charge in [0.25, 0.3) is 0 Å². The number of aliphatic hydroxyl groups excluding tert-OH is 1. The molecule has 0 aromatic rings. The molecule has 0 radical (unpaired) electrons. The van der Waals surface area contributed by atoms with Crippen LogP contribution in [0.2, 0.25) is 0 Å². The van der Waals surface area contributed by atoms with Gasteiger partial charge in [0.1, 0.15) is 5.60 Å². The fraction of sp³-hybridized carbons (Fsp3) is 0.923. The first kappa shape index (κ1) is 18.1. The average Bonchev–Trinajstić information content (AvgIpc) is 2.29. The number of carbonyl (C=O) groups is 1. The van der Waals surface area contributed by atoms with Gasteiger partial charge in [-0.25, -0.2) is 4.79 Å². The maximum absolute atomic E-state index is 11.4. The molecule has 0 aromatic carbocycles. The first-order valence-electron chi connectivity index (χ1n) is 6.69. The Morgan fingerprint density at radius 1 is 1.32 bits per heavy atom. The molecule has 1 atom stereocenters. The molecule has 0 rings (SSSR count). The highest BCUT2D eigenvalue weighted by Crippen LogP contribution is 2.06. The van der Waals surface area contributed by atoms with Crippen molar-refractivity contribution in [1.29, 1.82) is 0 Å². The Labute approximate surface area is 115 Å². The summed E-state index contributed by atoms with van der Waals surface area (Å²) in [4.78, 5) is 11.4. The standard InChI is InChI=1S/C13H28N2O4/c1-13(2,3)19-12(17)15-7-5-6-11(10-18-4)14-8-9-16/h11,14,16H,5-10H2,1-4H3,(H,15,17). The zero-order valence-corrected chi connectivity index (χ0v) is 12.5. The van der Waals surface area contributed by atoms with Crippen molar-refractivity contribution >= 4 is 6.09 Å². The third-order valence-electron chi connectivity index (χ3n) is 2.31. The molecule has 19 heavy (non-hydrogen) atoms. The van der Waals surface area contributed by atoms with Gasteiger partial charge in [-0.3, -0.25) is 0 Å². The van der Waals surface area contributed by atoms with E-state index in [0.717, 1.165) is 12.8 Å². The van der Waals surface area contributed by atoms with Gasteiger partial charge in [-0.15, -0.1) is 0 Å². The van der Waals surface area contributed by atoms with Crippen molar-refractivity contribution in [1.82, 2.24) is 10.6 Å². The molecule has 0 aliphatic rings. The second kappa shape index (κ2) is 10.00. The van der Waals surface area contributed by atoms with Crippen LogP contribution in [-0.4, -0.2) is 56.3 Å². The molecule has 3 N–H and O–H groups in total. The predicted octanol–water partition coefficient (Wildman–Crippen LogP) is 0.888. The second-order valence-corrected chi connectivity index (χ2v) is 5.40. The van der Waals surface area contributed by atoms with Gasteiger partial charge < -0.3 is 25.2 Å². The minimum absolute atomic E-state index is 0.108. The number of ether oxygens (including phenoxy) is 2. The summed E-state index contributed by atoms with van der Waals surface area (Å²) in [6, 6.07) is 0.192. The molecule has 1 unspecified atom stereocenters. The SMILES string of the molecule is COCC(CCCNC(=O)OC(C)(C)C)NCCO. The van der Waals surface area contributed by atoms with Gasteiger partial charge in [0.05, 0.1) is 13.2 Å². The van der Waals surface area contributed by atoms with Crippen LogP contribution < -0.4 is 10.6 Å². The monoisotopic (exact) mass is 276 g/mol. The minimum atomic E-state index is -0.467. The van der Waals surface area contributed by atoms with Crippen LogP contribution in [0, 0.1) is 0 Å². The lowest BCUT2D eigenvalue weighted by molar-refractivity contribution is 0.0526. The molecule has 0 bridgehead atoms. The molecule has 0 spiro atoms. The van der Waals surface area contributed by atoms with Crippen molar-refractivity contribution in [3.05, 3.63) is 0 Å². The van der Waals surface area contributed by atoms with E-state index in [1.807, 2.05) is 20.8 Å². The van der Waals surface area contributed by atoms with Crippen LogP contribution in [0.25, 0.3) is 0 Å². The number of amides is 1. The number of rotatable bonds is 9. The van der Waals surface area contributed by atoms with Gasteiger partial charge in [-0.2, -0.15) is 0 Å². The summed E-state index contributed by atoms with van der Waals surface area (Å²) in [5.74, 6) is 0. The van der Waals surface area contributed by atoms with E-state index in [4.69, 9.17) is 14.6 Å². The molecule has 6 nitrogen and oxygen atoms in total. The Morgan fingerprint density at radius 3 is 2.53 bits per heavy atom. The van der Waals surface area contributed by atoms with E-state index in [0.29, 0.717) is 19.7 Å². The molecule has 6 heteroatoms. The number of hydrogen-bond donors (Lipinski definition) is 3. The quantitative estimate of drug-likeness (QED) is 0.545. The maximum Gasteiger partial charge on any atom is 0.407 e. The van der Waals surface area contributed by atoms with Crippen molar-refractivity contribution in [3.8, 4) is 0 Å². The van der Waals surface area contributed by atoms with E-state index < -0.39 is 5.60 Å². The van der Waals surface area contributed by atoms with Crippen molar-refractivity contribution in [2.24, 2.45) is 0 Å². The van der Waals surface area contributed by atoms with Crippen LogP contribution in [0.5, 0.6) is 0 Å². The maximum atomic E-state index is 11.4. The Bertz CT molecular complexity index is 241. The molecule has 0 aromatic heterocycles. The Kier molecular flexibility index (Phi) is 9.55. The number of nitrogens with one attached hydrogen (secondary N) is 2. The summed E-state index contributed by atoms with van der Waals surface area (Å²) in [5, 5.41) is 14.7. The molecule has 0 heterocycles. The molecule has 1 amide bonds. The first-order chi connectivity index (χ1) is 8.89. The lowest BCUT2D eigenvalue weighted by Crippen LogP contribution is -2.37. The molecule has 0 fully saturated rings. The molecular weight excluding hydrogens is 248 g/mol. The zero-order chi connectivity index (χ0) is 14.7. The molecular formula is C13H28N2O4. The summed E-state index contributed by atoms with van der Waals surface area (Å²) in [7, 11) is 1.65. The van der Waals surface area contributed by atoms with E-state index in [9.17, 15) is 4.79 Å². The smallest absolute Gasteiger partial charge is 0.407 e. The molecule has 0 saturated carbocycles. The van der Waals surface area contributed by atoms with E-state index in [1.165, 1.54) is 0 Å². The van der Waals surface area contributed by atoms with Gasteiger partial charge in [0.2, 0.25) is 0 Å². The number of hydrogen-bond acceptors (Lipinski definition) is 5. The van der Waals surface area contributed by atoms with Crippen molar-refractivity contribution in [2.45, 2.75) is 45.3 Å². The highest BCUT2D eigenvalue weighted by atomic mass is 16.6. The second-order valence-electron chi connectivity index (χ2n) is 5.40. The van der Waals surface area contributed by atoms with Gasteiger partial charge in [-0.1, -0.05) is 0 Å². The fourth-order valence-electron chi connectivity index (χ4n) is 1.57. The molecule has 0 aliphatic heterocycles. The summed E-state index contributed by atoms with van der Waals surface area (Å²) in [6.07, 6.45) is 1.30. The summed E-state index contributed by atoms with van der Waals surface area (Å²) >= 11 is 0. The van der Waals surface area contributed by atoms with Gasteiger partial charge in [0.15, 0.2) is 0 Å². The third-order valence-corrected chi connectivity index (χ3v) is 2.31. The summed E-state index contributed by atoms with van der Waals surface area (Å²) < 4.78 is 10.2. The van der Waals surface area contributed by atoms with Crippen molar-refractivity contribution in [3.63, 3.8) is 0 Å². The largest absolute Gasteiger partial charge is 0.444 e. The fourth-order valence-corrected chi connectivity index (χ4v) is 1.57. The zero-order valence-electron chi connectivity index (χ0n) is 12.5. The highest BCUT2D eigenvalue weighted by molar-refractivity contribution is 5.67. The van der Waals surface area contributed by atoms with Crippen LogP contribution in [0.1, 0.15) is 33.6 Å². The van der Waals surface area contributed by atoms with Gasteiger partial charge in [0, 0.05) is 26.2 Å². The van der Waals surface area contributed by atoms with Crippen LogP contribution in [-0.2, 0) is 9.47 Å². The molecule has 0 saturated heterocycles. The van der Waals surface area contributed by atoms with Crippen LogP contribution in [0.3, 0.4) is 0 Å². The summed E-state index contributed by atoms with van der Waals surface area (Å²) in [6.45, 7) is 7.31. The van der Waals surface area contributed by atoms with E-state index >= 15 is 0 Å².